The quantitative estimate of drug-likeness (QED) is 0.539. The second-order valence-corrected chi connectivity index (χ2v) is 3.72. The van der Waals surface area contributed by atoms with Gasteiger partial charge in [-0.25, -0.2) is 4.79 Å². The van der Waals surface area contributed by atoms with Gasteiger partial charge >= 0.3 is 16.2 Å². The van der Waals surface area contributed by atoms with Crippen molar-refractivity contribution in [2.24, 2.45) is 0 Å². The molecule has 0 aliphatic rings. The van der Waals surface area contributed by atoms with E-state index in [1.807, 2.05) is 0 Å². The lowest BCUT2D eigenvalue weighted by Crippen LogP contribution is -2.00. The predicted molar refractivity (Wildman–Crippen MR) is 41.6 cm³/mol. The lowest BCUT2D eigenvalue weighted by atomic mass is 10.4. The van der Waals surface area contributed by atoms with Crippen LogP contribution in [0.3, 0.4) is 0 Å². The van der Waals surface area contributed by atoms with Crippen LogP contribution in [-0.4, -0.2) is 26.7 Å². The Bertz CT molecular complexity index is 437. The fraction of sp³-hybridized carbons (Fsp3) is 0.333. The summed E-state index contributed by atoms with van der Waals surface area (Å²) < 4.78 is 41.2. The van der Waals surface area contributed by atoms with Crippen LogP contribution in [0.25, 0.3) is 0 Å². The van der Waals surface area contributed by atoms with Gasteiger partial charge < -0.3 is 9.26 Å². The summed E-state index contributed by atoms with van der Waals surface area (Å²) in [5, 5.41) is 3.19. The second-order valence-electron chi connectivity index (χ2n) is 2.35. The summed E-state index contributed by atoms with van der Waals surface area (Å²) in [4.78, 5) is 10.8. The molecule has 0 aliphatic carbocycles. The molecular formula is C6H6FNO5S. The molecular weight excluding hydrogens is 217 g/mol. The van der Waals surface area contributed by atoms with Crippen molar-refractivity contribution in [2.45, 2.75) is 5.75 Å². The monoisotopic (exact) mass is 223 g/mol. The summed E-state index contributed by atoms with van der Waals surface area (Å²) in [5.41, 5.74) is -0.203. The Morgan fingerprint density at radius 3 is 2.86 bits per heavy atom. The lowest BCUT2D eigenvalue weighted by Gasteiger charge is -1.88. The van der Waals surface area contributed by atoms with E-state index >= 15 is 0 Å². The Morgan fingerprint density at radius 1 is 1.71 bits per heavy atom. The van der Waals surface area contributed by atoms with Crippen molar-refractivity contribution >= 4 is 16.2 Å². The van der Waals surface area contributed by atoms with Crippen LogP contribution in [0.2, 0.25) is 0 Å². The molecule has 8 heteroatoms. The van der Waals surface area contributed by atoms with Crippen LogP contribution in [0.4, 0.5) is 3.89 Å². The van der Waals surface area contributed by atoms with Crippen molar-refractivity contribution < 1.29 is 26.4 Å². The van der Waals surface area contributed by atoms with Gasteiger partial charge in [0.1, 0.15) is 5.75 Å². The maximum absolute atomic E-state index is 12.1. The standard InChI is InChI=1S/C6H6FNO5S/c1-12-6(9)5-2-4(13-8-5)3-14(7,10)11/h2H,3H2,1H3. The molecule has 1 heterocycles. The highest BCUT2D eigenvalue weighted by molar-refractivity contribution is 7.85. The van der Waals surface area contributed by atoms with Gasteiger partial charge in [-0.2, -0.15) is 8.42 Å². The number of hydrogen-bond donors (Lipinski definition) is 0. The average molecular weight is 223 g/mol. The summed E-state index contributed by atoms with van der Waals surface area (Å²) >= 11 is 0. The van der Waals surface area contributed by atoms with Gasteiger partial charge in [0.25, 0.3) is 0 Å². The summed E-state index contributed by atoms with van der Waals surface area (Å²) in [6.45, 7) is 0. The first-order valence-corrected chi connectivity index (χ1v) is 4.94. The van der Waals surface area contributed by atoms with Crippen molar-refractivity contribution in [3.05, 3.63) is 17.5 Å². The third-order valence-corrected chi connectivity index (χ3v) is 1.90. The summed E-state index contributed by atoms with van der Waals surface area (Å²) in [6, 6.07) is 1.00. The fourth-order valence-corrected chi connectivity index (χ4v) is 1.23. The molecule has 78 valence electrons. The van der Waals surface area contributed by atoms with Gasteiger partial charge in [0.05, 0.1) is 7.11 Å². The molecule has 1 aromatic rings. The van der Waals surface area contributed by atoms with Gasteiger partial charge in [0, 0.05) is 6.07 Å². The van der Waals surface area contributed by atoms with E-state index < -0.39 is 21.9 Å². The van der Waals surface area contributed by atoms with Crippen molar-refractivity contribution in [3.8, 4) is 0 Å². The van der Waals surface area contributed by atoms with Crippen molar-refractivity contribution in [2.75, 3.05) is 7.11 Å². The van der Waals surface area contributed by atoms with Crippen LogP contribution in [0, 0.1) is 0 Å². The lowest BCUT2D eigenvalue weighted by molar-refractivity contribution is 0.0589. The number of carbonyl (C=O) groups excluding carboxylic acids is 1. The number of hydrogen-bond acceptors (Lipinski definition) is 6. The Morgan fingerprint density at radius 2 is 2.36 bits per heavy atom. The van der Waals surface area contributed by atoms with Gasteiger partial charge in [0.2, 0.25) is 0 Å². The average Bonchev–Trinajstić information content (AvgIpc) is 2.48. The molecule has 1 rings (SSSR count). The first-order chi connectivity index (χ1) is 6.42. The summed E-state index contributed by atoms with van der Waals surface area (Å²) in [5.74, 6) is -1.99. The molecule has 0 atom stereocenters. The molecule has 0 aliphatic heterocycles. The minimum absolute atomic E-state index is 0.203. The molecule has 0 bridgehead atoms. The Kier molecular flexibility index (Phi) is 2.84. The molecule has 0 saturated carbocycles. The zero-order chi connectivity index (χ0) is 10.8. The maximum Gasteiger partial charge on any atom is 0.360 e. The maximum atomic E-state index is 12.1. The highest BCUT2D eigenvalue weighted by Crippen LogP contribution is 2.09. The summed E-state index contributed by atoms with van der Waals surface area (Å²) in [6.07, 6.45) is 0. The van der Waals surface area contributed by atoms with Crippen LogP contribution in [0.1, 0.15) is 16.2 Å². The number of halogens is 1. The van der Waals surface area contributed by atoms with Gasteiger partial charge in [-0.15, -0.1) is 3.89 Å². The van der Waals surface area contributed by atoms with E-state index in [0.29, 0.717) is 0 Å². The molecule has 1 aromatic heterocycles. The predicted octanol–water partition coefficient (Wildman–Crippen LogP) is 0.261. The normalized spacial score (nSPS) is 11.3. The van der Waals surface area contributed by atoms with Gasteiger partial charge in [-0.3, -0.25) is 0 Å². The van der Waals surface area contributed by atoms with Gasteiger partial charge in [0.15, 0.2) is 11.5 Å². The van der Waals surface area contributed by atoms with Crippen LogP contribution in [0.15, 0.2) is 10.6 Å². The van der Waals surface area contributed by atoms with Gasteiger partial charge in [-0.05, 0) is 0 Å². The molecule has 14 heavy (non-hydrogen) atoms. The number of rotatable bonds is 3. The first-order valence-electron chi connectivity index (χ1n) is 3.38. The Labute approximate surface area is 78.9 Å². The highest BCUT2D eigenvalue weighted by Gasteiger charge is 2.17. The molecule has 0 saturated heterocycles. The van der Waals surface area contributed by atoms with Crippen molar-refractivity contribution in [1.82, 2.24) is 5.16 Å². The van der Waals surface area contributed by atoms with Crippen molar-refractivity contribution in [1.29, 1.82) is 0 Å². The minimum atomic E-state index is -4.68. The zero-order valence-electron chi connectivity index (χ0n) is 7.06. The van der Waals surface area contributed by atoms with E-state index in [1.165, 1.54) is 0 Å². The molecule has 0 spiro atoms. The van der Waals surface area contributed by atoms with E-state index in [2.05, 4.69) is 14.4 Å². The number of carbonyl (C=O) groups is 1. The number of esters is 1. The largest absolute Gasteiger partial charge is 0.464 e. The van der Waals surface area contributed by atoms with Crippen molar-refractivity contribution in [3.63, 3.8) is 0 Å². The number of methoxy groups -OCH3 is 1. The highest BCUT2D eigenvalue weighted by atomic mass is 32.3. The fourth-order valence-electron chi connectivity index (χ4n) is 0.752. The molecule has 0 fully saturated rings. The number of ether oxygens (including phenoxy) is 1. The first kappa shape index (κ1) is 10.6. The van der Waals surface area contributed by atoms with E-state index in [4.69, 9.17) is 0 Å². The molecule has 6 nitrogen and oxygen atoms in total. The van der Waals surface area contributed by atoms with Crippen LogP contribution >= 0.6 is 0 Å². The molecule has 0 radical (unpaired) electrons. The minimum Gasteiger partial charge on any atom is -0.464 e. The topological polar surface area (TPSA) is 86.5 Å². The van der Waals surface area contributed by atoms with E-state index in [-0.39, 0.29) is 11.5 Å². The van der Waals surface area contributed by atoms with E-state index in [0.717, 1.165) is 13.2 Å². The third kappa shape index (κ3) is 2.80. The molecule has 0 amide bonds. The Hall–Kier alpha value is -1.44. The Balaban J connectivity index is 2.84. The van der Waals surface area contributed by atoms with Crippen LogP contribution in [0.5, 0.6) is 0 Å². The summed E-state index contributed by atoms with van der Waals surface area (Å²) in [7, 11) is -3.55. The smallest absolute Gasteiger partial charge is 0.360 e. The SMILES string of the molecule is COC(=O)c1cc(CS(=O)(=O)F)on1. The molecule has 0 unspecified atom stereocenters. The van der Waals surface area contributed by atoms with E-state index in [9.17, 15) is 17.1 Å². The van der Waals surface area contributed by atoms with Gasteiger partial charge in [-0.1, -0.05) is 5.16 Å². The van der Waals surface area contributed by atoms with Crippen LogP contribution in [-0.2, 0) is 20.7 Å². The second kappa shape index (κ2) is 3.74. The molecule has 0 aromatic carbocycles. The van der Waals surface area contributed by atoms with Crippen LogP contribution < -0.4 is 0 Å². The zero-order valence-corrected chi connectivity index (χ0v) is 7.88. The molecule has 0 N–H and O–H groups in total. The third-order valence-electron chi connectivity index (χ3n) is 1.27. The number of aromatic nitrogens is 1. The number of nitrogens with zero attached hydrogens (tertiary/aromatic N) is 1. The van der Waals surface area contributed by atoms with E-state index in [1.54, 1.807) is 0 Å².